The standard InChI is InChI=1S/C20H16N2O5S/c1-2-22-17-10-9-16(14-7-4-8-15(18(14)17)19(22)23)21-28(26,27)13-6-3-5-12(11-13)20(24)25/h3-11,21H,2H2,1H3,(H,24,25). The van der Waals surface area contributed by atoms with Crippen LogP contribution in [-0.2, 0) is 10.0 Å². The molecule has 0 saturated heterocycles. The number of nitrogens with one attached hydrogen (secondary N) is 1. The van der Waals surface area contributed by atoms with E-state index >= 15 is 0 Å². The van der Waals surface area contributed by atoms with Crippen LogP contribution in [-0.4, -0.2) is 31.9 Å². The molecule has 4 rings (SSSR count). The Kier molecular flexibility index (Phi) is 4.08. The van der Waals surface area contributed by atoms with Crippen LogP contribution >= 0.6 is 0 Å². The van der Waals surface area contributed by atoms with Gasteiger partial charge in [-0.1, -0.05) is 18.2 Å². The Bertz CT molecular complexity index is 1250. The van der Waals surface area contributed by atoms with Gasteiger partial charge >= 0.3 is 5.97 Å². The highest BCUT2D eigenvalue weighted by atomic mass is 32.2. The van der Waals surface area contributed by atoms with E-state index < -0.39 is 16.0 Å². The molecule has 0 saturated carbocycles. The van der Waals surface area contributed by atoms with E-state index in [-0.39, 0.29) is 16.4 Å². The second kappa shape index (κ2) is 6.35. The highest BCUT2D eigenvalue weighted by molar-refractivity contribution is 7.92. The molecule has 3 aromatic carbocycles. The van der Waals surface area contributed by atoms with Crippen LogP contribution in [0.15, 0.2) is 59.5 Å². The minimum absolute atomic E-state index is 0.114. The molecule has 0 aliphatic carbocycles. The van der Waals surface area contributed by atoms with Crippen LogP contribution in [0.25, 0.3) is 10.8 Å². The van der Waals surface area contributed by atoms with Gasteiger partial charge in [-0.05, 0) is 43.3 Å². The van der Waals surface area contributed by atoms with Gasteiger partial charge in [0.15, 0.2) is 0 Å². The first kappa shape index (κ1) is 18.0. The number of amides is 1. The van der Waals surface area contributed by atoms with Crippen LogP contribution in [0.2, 0.25) is 0 Å². The van der Waals surface area contributed by atoms with Gasteiger partial charge in [-0.3, -0.25) is 9.52 Å². The molecule has 28 heavy (non-hydrogen) atoms. The van der Waals surface area contributed by atoms with Gasteiger partial charge in [0.2, 0.25) is 0 Å². The Hall–Kier alpha value is -3.39. The molecular formula is C20H16N2O5S. The van der Waals surface area contributed by atoms with Gasteiger partial charge in [-0.15, -0.1) is 0 Å². The molecule has 1 amide bonds. The molecule has 0 unspecified atom stereocenters. The lowest BCUT2D eigenvalue weighted by molar-refractivity contribution is 0.0696. The number of carbonyl (C=O) groups excluding carboxylic acids is 1. The molecule has 1 aliphatic heterocycles. The third-order valence-electron chi connectivity index (χ3n) is 4.74. The molecule has 0 atom stereocenters. The number of carbonyl (C=O) groups is 2. The van der Waals surface area contributed by atoms with Gasteiger partial charge in [0.05, 0.1) is 21.8 Å². The third kappa shape index (κ3) is 2.69. The number of rotatable bonds is 5. The molecule has 8 heteroatoms. The first-order valence-corrected chi connectivity index (χ1v) is 10.1. The van der Waals surface area contributed by atoms with Crippen LogP contribution in [0, 0.1) is 0 Å². The number of benzene rings is 3. The molecule has 7 nitrogen and oxygen atoms in total. The zero-order chi connectivity index (χ0) is 20.1. The van der Waals surface area contributed by atoms with E-state index in [4.69, 9.17) is 5.11 Å². The number of aromatic carboxylic acids is 1. The summed E-state index contributed by atoms with van der Waals surface area (Å²) < 4.78 is 28.1. The average molecular weight is 396 g/mol. The second-order valence-electron chi connectivity index (χ2n) is 6.35. The summed E-state index contributed by atoms with van der Waals surface area (Å²) in [7, 11) is -4.01. The van der Waals surface area contributed by atoms with Crippen molar-refractivity contribution in [2.24, 2.45) is 0 Å². The molecule has 0 fully saturated rings. The summed E-state index contributed by atoms with van der Waals surface area (Å²) in [4.78, 5) is 25.2. The van der Waals surface area contributed by atoms with Crippen molar-refractivity contribution in [2.75, 3.05) is 16.2 Å². The number of sulfonamides is 1. The largest absolute Gasteiger partial charge is 0.478 e. The normalized spacial score (nSPS) is 13.2. The molecule has 142 valence electrons. The van der Waals surface area contributed by atoms with Crippen molar-refractivity contribution >= 4 is 44.0 Å². The maximum Gasteiger partial charge on any atom is 0.335 e. The average Bonchev–Trinajstić information content (AvgIpc) is 2.96. The summed E-state index contributed by atoms with van der Waals surface area (Å²) in [5.41, 5.74) is 1.48. The molecule has 1 aliphatic rings. The molecule has 0 spiro atoms. The molecule has 0 radical (unpaired) electrons. The van der Waals surface area contributed by atoms with Gasteiger partial charge in [0.25, 0.3) is 15.9 Å². The predicted molar refractivity (Wildman–Crippen MR) is 106 cm³/mol. The van der Waals surface area contributed by atoms with Crippen molar-refractivity contribution in [3.8, 4) is 0 Å². The summed E-state index contributed by atoms with van der Waals surface area (Å²) in [5, 5.41) is 10.4. The fourth-order valence-electron chi connectivity index (χ4n) is 3.45. The van der Waals surface area contributed by atoms with Crippen molar-refractivity contribution < 1.29 is 23.1 Å². The number of carboxylic acid groups (broad SMARTS) is 1. The van der Waals surface area contributed by atoms with Crippen LogP contribution < -0.4 is 9.62 Å². The first-order valence-electron chi connectivity index (χ1n) is 8.57. The number of carboxylic acids is 1. The van der Waals surface area contributed by atoms with E-state index in [2.05, 4.69) is 4.72 Å². The maximum atomic E-state index is 12.8. The lowest BCUT2D eigenvalue weighted by Gasteiger charge is -2.16. The minimum Gasteiger partial charge on any atom is -0.478 e. The number of anilines is 2. The fourth-order valence-corrected chi connectivity index (χ4v) is 4.57. The van der Waals surface area contributed by atoms with E-state index in [1.165, 1.54) is 18.2 Å². The third-order valence-corrected chi connectivity index (χ3v) is 6.10. The molecule has 0 bridgehead atoms. The molecule has 0 aromatic heterocycles. The molecule has 1 heterocycles. The Balaban J connectivity index is 1.82. The highest BCUT2D eigenvalue weighted by Gasteiger charge is 2.30. The van der Waals surface area contributed by atoms with Crippen LogP contribution in [0.5, 0.6) is 0 Å². The molecule has 2 N–H and O–H groups in total. The first-order chi connectivity index (χ1) is 13.3. The van der Waals surface area contributed by atoms with Crippen LogP contribution in [0.1, 0.15) is 27.6 Å². The smallest absolute Gasteiger partial charge is 0.335 e. The Morgan fingerprint density at radius 1 is 1.11 bits per heavy atom. The van der Waals surface area contributed by atoms with Gasteiger partial charge < -0.3 is 10.0 Å². The van der Waals surface area contributed by atoms with E-state index in [0.717, 1.165) is 11.8 Å². The summed E-state index contributed by atoms with van der Waals surface area (Å²) in [6.07, 6.45) is 0. The summed E-state index contributed by atoms with van der Waals surface area (Å²) in [6.45, 7) is 2.39. The predicted octanol–water partition coefficient (Wildman–Crippen LogP) is 3.32. The van der Waals surface area contributed by atoms with Crippen molar-refractivity contribution in [1.29, 1.82) is 0 Å². The van der Waals surface area contributed by atoms with Crippen molar-refractivity contribution in [3.05, 3.63) is 65.7 Å². The van der Waals surface area contributed by atoms with Gasteiger partial charge in [-0.2, -0.15) is 0 Å². The zero-order valence-electron chi connectivity index (χ0n) is 14.8. The minimum atomic E-state index is -4.01. The van der Waals surface area contributed by atoms with Gasteiger partial charge in [0.1, 0.15) is 0 Å². The Morgan fingerprint density at radius 3 is 2.57 bits per heavy atom. The van der Waals surface area contributed by atoms with Crippen molar-refractivity contribution in [1.82, 2.24) is 0 Å². The summed E-state index contributed by atoms with van der Waals surface area (Å²) in [5.74, 6) is -1.32. The van der Waals surface area contributed by atoms with Crippen LogP contribution in [0.4, 0.5) is 11.4 Å². The lowest BCUT2D eigenvalue weighted by atomic mass is 10.0. The van der Waals surface area contributed by atoms with Crippen molar-refractivity contribution in [3.63, 3.8) is 0 Å². The van der Waals surface area contributed by atoms with Crippen molar-refractivity contribution in [2.45, 2.75) is 11.8 Å². The Labute approximate surface area is 161 Å². The highest BCUT2D eigenvalue weighted by Crippen LogP contribution is 2.40. The quantitative estimate of drug-likeness (QED) is 0.689. The summed E-state index contributed by atoms with van der Waals surface area (Å²) in [6, 6.07) is 13.6. The topological polar surface area (TPSA) is 104 Å². The van der Waals surface area contributed by atoms with E-state index in [9.17, 15) is 18.0 Å². The van der Waals surface area contributed by atoms with E-state index in [1.54, 1.807) is 35.2 Å². The number of nitrogens with zero attached hydrogens (tertiary/aromatic N) is 1. The lowest BCUT2D eigenvalue weighted by Crippen LogP contribution is -2.25. The number of hydrogen-bond donors (Lipinski definition) is 2. The zero-order valence-corrected chi connectivity index (χ0v) is 15.7. The maximum absolute atomic E-state index is 12.8. The fraction of sp³-hybridized carbons (Fsp3) is 0.100. The van der Waals surface area contributed by atoms with E-state index in [0.29, 0.717) is 28.6 Å². The summed E-state index contributed by atoms with van der Waals surface area (Å²) >= 11 is 0. The molecular weight excluding hydrogens is 380 g/mol. The van der Waals surface area contributed by atoms with Gasteiger partial charge in [0, 0.05) is 22.9 Å². The van der Waals surface area contributed by atoms with Crippen LogP contribution in [0.3, 0.4) is 0 Å². The number of hydrogen-bond acceptors (Lipinski definition) is 4. The molecule has 3 aromatic rings. The monoisotopic (exact) mass is 396 g/mol. The van der Waals surface area contributed by atoms with Gasteiger partial charge in [-0.25, -0.2) is 13.2 Å². The second-order valence-corrected chi connectivity index (χ2v) is 8.03. The Morgan fingerprint density at radius 2 is 1.86 bits per heavy atom. The SMILES string of the molecule is CCN1C(=O)c2cccc3c(NS(=O)(=O)c4cccc(C(=O)O)c4)ccc1c23. The van der Waals surface area contributed by atoms with E-state index in [1.807, 2.05) is 6.92 Å².